The SMILES string of the molecule is C=C(O)c1ccc(C(Br)Br)c(B2OC(C)(C)C(C)(C)O2)c1.C=CCCC. The van der Waals surface area contributed by atoms with Crippen LogP contribution < -0.4 is 5.46 Å². The van der Waals surface area contributed by atoms with Gasteiger partial charge in [-0.3, -0.25) is 0 Å². The van der Waals surface area contributed by atoms with E-state index < -0.39 is 18.3 Å². The Balaban J connectivity index is 0.000000597. The summed E-state index contributed by atoms with van der Waals surface area (Å²) in [6, 6.07) is 5.60. The van der Waals surface area contributed by atoms with Crippen LogP contribution in [0.25, 0.3) is 5.76 Å². The number of aliphatic hydroxyl groups is 1. The lowest BCUT2D eigenvalue weighted by atomic mass is 9.75. The van der Waals surface area contributed by atoms with Crippen molar-refractivity contribution in [1.82, 2.24) is 0 Å². The van der Waals surface area contributed by atoms with Crippen LogP contribution >= 0.6 is 31.9 Å². The van der Waals surface area contributed by atoms with Gasteiger partial charge in [-0.1, -0.05) is 76.1 Å². The second kappa shape index (κ2) is 9.58. The fourth-order valence-corrected chi connectivity index (χ4v) is 3.17. The molecule has 1 aliphatic rings. The average Bonchev–Trinajstić information content (AvgIpc) is 2.76. The van der Waals surface area contributed by atoms with E-state index in [0.29, 0.717) is 5.56 Å². The smallest absolute Gasteiger partial charge is 0.495 e. The van der Waals surface area contributed by atoms with E-state index in [1.54, 1.807) is 0 Å². The average molecular weight is 488 g/mol. The van der Waals surface area contributed by atoms with Crippen LogP contribution in [0.4, 0.5) is 0 Å². The van der Waals surface area contributed by atoms with Gasteiger partial charge in [-0.25, -0.2) is 0 Å². The van der Waals surface area contributed by atoms with Crippen LogP contribution in [0.3, 0.4) is 0 Å². The number of alkyl halides is 2. The van der Waals surface area contributed by atoms with E-state index in [0.717, 1.165) is 17.4 Å². The van der Waals surface area contributed by atoms with Crippen molar-refractivity contribution < 1.29 is 14.4 Å². The summed E-state index contributed by atoms with van der Waals surface area (Å²) >= 11 is 7.04. The van der Waals surface area contributed by atoms with Crippen LogP contribution in [-0.2, 0) is 9.31 Å². The van der Waals surface area contributed by atoms with Gasteiger partial charge in [0.2, 0.25) is 0 Å². The molecular formula is C20H29BBr2O3. The van der Waals surface area contributed by atoms with Crippen molar-refractivity contribution in [2.45, 2.75) is 62.4 Å². The van der Waals surface area contributed by atoms with E-state index in [1.807, 2.05) is 52.0 Å². The summed E-state index contributed by atoms with van der Waals surface area (Å²) in [6.45, 7) is 17.3. The zero-order valence-electron chi connectivity index (χ0n) is 16.3. The highest BCUT2D eigenvalue weighted by Crippen LogP contribution is 2.38. The molecule has 144 valence electrons. The lowest BCUT2D eigenvalue weighted by Gasteiger charge is -2.32. The summed E-state index contributed by atoms with van der Waals surface area (Å²) in [4.78, 5) is 0. The van der Waals surface area contributed by atoms with Gasteiger partial charge in [0.25, 0.3) is 0 Å². The maximum atomic E-state index is 9.63. The molecule has 0 unspecified atom stereocenters. The number of unbranched alkanes of at least 4 members (excludes halogenated alkanes) is 1. The summed E-state index contributed by atoms with van der Waals surface area (Å²) < 4.78 is 12.2. The molecule has 1 aliphatic heterocycles. The topological polar surface area (TPSA) is 38.7 Å². The molecule has 3 nitrogen and oxygen atoms in total. The van der Waals surface area contributed by atoms with Crippen LogP contribution in [-0.4, -0.2) is 23.4 Å². The summed E-state index contributed by atoms with van der Waals surface area (Å²) in [6.07, 6.45) is 4.31. The molecular weight excluding hydrogens is 459 g/mol. The molecule has 0 spiro atoms. The van der Waals surface area contributed by atoms with Gasteiger partial charge in [-0.15, -0.1) is 6.58 Å². The minimum absolute atomic E-state index is 0.0277. The molecule has 26 heavy (non-hydrogen) atoms. The summed E-state index contributed by atoms with van der Waals surface area (Å²) in [5, 5.41) is 9.63. The first-order valence-corrected chi connectivity index (χ1v) is 10.6. The number of hydrogen-bond acceptors (Lipinski definition) is 3. The number of halogens is 2. The van der Waals surface area contributed by atoms with Crippen LogP contribution in [0.5, 0.6) is 0 Å². The molecule has 1 aromatic rings. The molecule has 2 rings (SSSR count). The Morgan fingerprint density at radius 1 is 1.23 bits per heavy atom. The van der Waals surface area contributed by atoms with E-state index in [4.69, 9.17) is 9.31 Å². The number of benzene rings is 1. The number of hydrogen-bond donors (Lipinski definition) is 1. The van der Waals surface area contributed by atoms with Gasteiger partial charge >= 0.3 is 7.12 Å². The van der Waals surface area contributed by atoms with Gasteiger partial charge in [0.05, 0.1) is 14.9 Å². The minimum atomic E-state index is -0.484. The predicted octanol–water partition coefficient (Wildman–Crippen LogP) is 6.28. The normalized spacial score (nSPS) is 17.6. The van der Waals surface area contributed by atoms with Crippen molar-refractivity contribution in [2.24, 2.45) is 0 Å². The molecule has 0 bridgehead atoms. The zero-order chi connectivity index (χ0) is 20.1. The second-order valence-electron chi connectivity index (χ2n) is 7.26. The van der Waals surface area contributed by atoms with Gasteiger partial charge in [-0.2, -0.15) is 0 Å². The van der Waals surface area contributed by atoms with Gasteiger partial charge in [0, 0.05) is 5.56 Å². The lowest BCUT2D eigenvalue weighted by molar-refractivity contribution is 0.00578. The van der Waals surface area contributed by atoms with Gasteiger partial charge in [-0.05, 0) is 45.1 Å². The van der Waals surface area contributed by atoms with Crippen molar-refractivity contribution in [1.29, 1.82) is 0 Å². The third kappa shape index (κ3) is 5.72. The third-order valence-corrected chi connectivity index (χ3v) is 5.64. The lowest BCUT2D eigenvalue weighted by Crippen LogP contribution is -2.41. The Hall–Kier alpha value is -0.555. The summed E-state index contributed by atoms with van der Waals surface area (Å²) in [5.74, 6) is 0.0278. The Bertz CT molecular complexity index is 626. The molecule has 1 fully saturated rings. The molecule has 1 saturated heterocycles. The molecule has 1 N–H and O–H groups in total. The first-order valence-electron chi connectivity index (χ1n) is 8.73. The van der Waals surface area contributed by atoms with Crippen LogP contribution in [0, 0.1) is 0 Å². The standard InChI is InChI=1S/C15H19BBr2O3.C5H10/c1-9(19)10-6-7-11(13(17)18)12(8-10)16-20-14(2,3)15(4,5)21-16;1-3-5-4-2/h6-8,13,19H,1H2,2-5H3;3H,1,4-5H2,2H3. The third-order valence-electron chi connectivity index (χ3n) is 4.66. The van der Waals surface area contributed by atoms with Crippen molar-refractivity contribution in [3.63, 3.8) is 0 Å². The van der Waals surface area contributed by atoms with E-state index in [9.17, 15) is 5.11 Å². The van der Waals surface area contributed by atoms with E-state index >= 15 is 0 Å². The maximum absolute atomic E-state index is 9.63. The Morgan fingerprint density at radius 2 is 1.77 bits per heavy atom. The largest absolute Gasteiger partial charge is 0.508 e. The molecule has 0 saturated carbocycles. The van der Waals surface area contributed by atoms with Crippen molar-refractivity contribution in [3.05, 3.63) is 48.6 Å². The maximum Gasteiger partial charge on any atom is 0.495 e. The number of allylic oxidation sites excluding steroid dienone is 1. The zero-order valence-corrected chi connectivity index (χ0v) is 19.5. The van der Waals surface area contributed by atoms with Crippen molar-refractivity contribution in [3.8, 4) is 0 Å². The first-order chi connectivity index (χ1) is 12.0. The van der Waals surface area contributed by atoms with Crippen LogP contribution in [0.1, 0.15) is 62.3 Å². The van der Waals surface area contributed by atoms with E-state index in [-0.39, 0.29) is 9.50 Å². The Kier molecular flexibility index (Phi) is 8.66. The Morgan fingerprint density at radius 3 is 2.12 bits per heavy atom. The first kappa shape index (κ1) is 23.5. The van der Waals surface area contributed by atoms with Gasteiger partial charge in [0.15, 0.2) is 0 Å². The fraction of sp³-hybridized carbons (Fsp3) is 0.500. The molecule has 6 heteroatoms. The van der Waals surface area contributed by atoms with Crippen LogP contribution in [0.15, 0.2) is 37.4 Å². The Labute approximate surface area is 175 Å². The second-order valence-corrected chi connectivity index (χ2v) is 10.3. The highest BCUT2D eigenvalue weighted by molar-refractivity contribution is 9.24. The molecule has 0 atom stereocenters. The number of aliphatic hydroxyl groups excluding tert-OH is 1. The molecule has 0 amide bonds. The highest BCUT2D eigenvalue weighted by atomic mass is 79.9. The fourth-order valence-electron chi connectivity index (χ4n) is 2.33. The molecule has 0 aromatic heterocycles. The molecule has 0 radical (unpaired) electrons. The van der Waals surface area contributed by atoms with E-state index in [1.165, 1.54) is 6.42 Å². The summed E-state index contributed by atoms with van der Waals surface area (Å²) in [5.41, 5.74) is 1.72. The van der Waals surface area contributed by atoms with Gasteiger partial charge in [0.1, 0.15) is 5.76 Å². The monoisotopic (exact) mass is 486 g/mol. The quantitative estimate of drug-likeness (QED) is 0.230. The number of rotatable bonds is 5. The van der Waals surface area contributed by atoms with Crippen molar-refractivity contribution in [2.75, 3.05) is 0 Å². The van der Waals surface area contributed by atoms with Crippen molar-refractivity contribution >= 4 is 50.2 Å². The molecule has 1 aromatic carbocycles. The molecule has 1 heterocycles. The predicted molar refractivity (Wildman–Crippen MR) is 120 cm³/mol. The highest BCUT2D eigenvalue weighted by Gasteiger charge is 2.52. The summed E-state index contributed by atoms with van der Waals surface area (Å²) in [7, 11) is -0.484. The molecule has 0 aliphatic carbocycles. The van der Waals surface area contributed by atoms with E-state index in [2.05, 4.69) is 51.9 Å². The van der Waals surface area contributed by atoms with Gasteiger partial charge < -0.3 is 14.4 Å². The van der Waals surface area contributed by atoms with Crippen LogP contribution in [0.2, 0.25) is 0 Å². The minimum Gasteiger partial charge on any atom is -0.508 e.